The van der Waals surface area contributed by atoms with Crippen LogP contribution in [0.4, 0.5) is 4.39 Å². The number of fused-ring (bicyclic) bond motifs is 3. The fraction of sp³-hybridized carbons (Fsp3) is 0.429. The van der Waals surface area contributed by atoms with Crippen LogP contribution in [0.1, 0.15) is 18.1 Å². The normalized spacial score (nSPS) is 13.9. The number of rotatable bonds is 4. The van der Waals surface area contributed by atoms with Crippen molar-refractivity contribution in [3.05, 3.63) is 28.0 Å². The molecule has 0 spiro atoms. The van der Waals surface area contributed by atoms with E-state index in [1.54, 1.807) is 6.07 Å². The molecule has 96 valence electrons. The van der Waals surface area contributed by atoms with Crippen LogP contribution in [0.5, 0.6) is 5.75 Å². The zero-order valence-corrected chi connectivity index (χ0v) is 12.1. The Balaban J connectivity index is 2.04. The second-order valence-corrected chi connectivity index (χ2v) is 6.41. The molecule has 3 rings (SSSR count). The van der Waals surface area contributed by atoms with Crippen molar-refractivity contribution in [2.75, 3.05) is 19.7 Å². The summed E-state index contributed by atoms with van der Waals surface area (Å²) in [6, 6.07) is 1.72. The van der Waals surface area contributed by atoms with Gasteiger partial charge in [0.05, 0.1) is 0 Å². The van der Waals surface area contributed by atoms with E-state index >= 15 is 0 Å². The predicted octanol–water partition coefficient (Wildman–Crippen LogP) is 2.12. The third-order valence-corrected chi connectivity index (χ3v) is 5.42. The van der Waals surface area contributed by atoms with Crippen LogP contribution in [0, 0.1) is 5.82 Å². The average Bonchev–Trinajstić information content (AvgIpc) is 2.96. The molecule has 0 atom stereocenters. The molecular weight excluding hydrogens is 296 g/mol. The van der Waals surface area contributed by atoms with Crippen LogP contribution >= 0.6 is 0 Å². The van der Waals surface area contributed by atoms with Crippen molar-refractivity contribution in [1.82, 2.24) is 5.32 Å². The Morgan fingerprint density at radius 1 is 1.50 bits per heavy atom. The zero-order chi connectivity index (χ0) is 12.5. The monoisotopic (exact) mass is 313 g/mol. The Labute approximate surface area is 112 Å². The van der Waals surface area contributed by atoms with Crippen molar-refractivity contribution in [2.45, 2.75) is 19.8 Å². The van der Waals surface area contributed by atoms with Crippen molar-refractivity contribution in [3.8, 4) is 5.75 Å². The summed E-state index contributed by atoms with van der Waals surface area (Å²) in [6.07, 6.45) is 1.71. The number of hydrogen-bond donors (Lipinski definition) is 1. The maximum atomic E-state index is 13.9. The maximum absolute atomic E-state index is 13.9. The van der Waals surface area contributed by atoms with Gasteiger partial charge in [-0.15, -0.1) is 0 Å². The van der Waals surface area contributed by atoms with Crippen molar-refractivity contribution in [1.29, 1.82) is 0 Å². The number of ether oxygens (including phenoxy) is 1. The molecule has 1 aliphatic heterocycles. The van der Waals surface area contributed by atoms with E-state index in [-0.39, 0.29) is 20.3 Å². The van der Waals surface area contributed by atoms with Gasteiger partial charge in [-0.05, 0) is 0 Å². The SMILES string of the molecule is CCNCCc1c[se]c2cc(F)c3c(c12)OCC3. The van der Waals surface area contributed by atoms with Gasteiger partial charge in [-0.1, -0.05) is 0 Å². The third-order valence-electron chi connectivity index (χ3n) is 3.36. The molecule has 18 heavy (non-hydrogen) atoms. The Hall–Kier alpha value is -0.831. The summed E-state index contributed by atoms with van der Waals surface area (Å²) in [6.45, 7) is 4.70. The fourth-order valence-electron chi connectivity index (χ4n) is 2.47. The minimum atomic E-state index is -0.0792. The first-order chi connectivity index (χ1) is 8.81. The van der Waals surface area contributed by atoms with Crippen LogP contribution in [-0.4, -0.2) is 34.2 Å². The van der Waals surface area contributed by atoms with Gasteiger partial charge in [-0.3, -0.25) is 0 Å². The van der Waals surface area contributed by atoms with Gasteiger partial charge in [-0.2, -0.15) is 0 Å². The Morgan fingerprint density at radius 3 is 3.22 bits per heavy atom. The van der Waals surface area contributed by atoms with Crippen molar-refractivity contribution >= 4 is 24.1 Å². The van der Waals surface area contributed by atoms with Crippen LogP contribution in [0.25, 0.3) is 9.65 Å². The molecule has 0 aliphatic carbocycles. The minimum absolute atomic E-state index is 0.0792. The van der Waals surface area contributed by atoms with E-state index in [4.69, 9.17) is 4.74 Å². The summed E-state index contributed by atoms with van der Waals surface area (Å²) in [4.78, 5) is 2.27. The molecule has 1 aromatic heterocycles. The molecule has 0 amide bonds. The van der Waals surface area contributed by atoms with Crippen LogP contribution in [-0.2, 0) is 12.8 Å². The molecule has 1 aliphatic rings. The molecule has 2 heterocycles. The average molecular weight is 312 g/mol. The summed E-state index contributed by atoms with van der Waals surface area (Å²) >= 11 is 0.263. The van der Waals surface area contributed by atoms with Gasteiger partial charge in [-0.25, -0.2) is 0 Å². The number of hydrogen-bond acceptors (Lipinski definition) is 2. The second-order valence-electron chi connectivity index (χ2n) is 4.50. The first-order valence-electron chi connectivity index (χ1n) is 6.36. The molecule has 1 N–H and O–H groups in total. The van der Waals surface area contributed by atoms with Crippen LogP contribution in [0.15, 0.2) is 11.0 Å². The van der Waals surface area contributed by atoms with E-state index in [1.165, 1.54) is 10.9 Å². The standard InChI is InChI=1S/C14H16FNOSe/c1-2-16-5-3-9-8-18-12-7-11(15)10-4-6-17-14(10)13(9)12/h7-8,16H,2-6H2,1H3. The molecule has 2 nitrogen and oxygen atoms in total. The van der Waals surface area contributed by atoms with E-state index in [9.17, 15) is 4.39 Å². The zero-order valence-electron chi connectivity index (χ0n) is 10.4. The quantitative estimate of drug-likeness (QED) is 0.690. The van der Waals surface area contributed by atoms with E-state index in [0.29, 0.717) is 13.0 Å². The molecular formula is C14H16FNOSe. The summed E-state index contributed by atoms with van der Waals surface area (Å²) in [5.41, 5.74) is 2.12. The Morgan fingerprint density at radius 2 is 2.39 bits per heavy atom. The Kier molecular flexibility index (Phi) is 3.42. The van der Waals surface area contributed by atoms with Crippen molar-refractivity contribution in [2.24, 2.45) is 0 Å². The first-order valence-corrected chi connectivity index (χ1v) is 8.20. The summed E-state index contributed by atoms with van der Waals surface area (Å²) < 4.78 is 20.7. The van der Waals surface area contributed by atoms with E-state index < -0.39 is 0 Å². The van der Waals surface area contributed by atoms with Crippen LogP contribution in [0.3, 0.4) is 0 Å². The van der Waals surface area contributed by atoms with Crippen molar-refractivity contribution in [3.63, 3.8) is 0 Å². The molecule has 0 saturated carbocycles. The first kappa shape index (κ1) is 12.2. The van der Waals surface area contributed by atoms with E-state index in [0.717, 1.165) is 35.1 Å². The number of nitrogens with one attached hydrogen (secondary N) is 1. The van der Waals surface area contributed by atoms with Gasteiger partial charge in [0.1, 0.15) is 0 Å². The topological polar surface area (TPSA) is 21.3 Å². The Bertz CT molecular complexity index is 579. The predicted molar refractivity (Wildman–Crippen MR) is 72.3 cm³/mol. The summed E-state index contributed by atoms with van der Waals surface area (Å²) in [7, 11) is 0. The van der Waals surface area contributed by atoms with Crippen molar-refractivity contribution < 1.29 is 9.13 Å². The molecule has 1 aromatic carbocycles. The van der Waals surface area contributed by atoms with E-state index in [2.05, 4.69) is 17.2 Å². The molecule has 0 fully saturated rings. The summed E-state index contributed by atoms with van der Waals surface area (Å²) in [5, 5.41) is 4.53. The van der Waals surface area contributed by atoms with Crippen LogP contribution < -0.4 is 10.1 Å². The molecule has 2 aromatic rings. The molecule has 0 saturated heterocycles. The second kappa shape index (κ2) is 5.04. The van der Waals surface area contributed by atoms with Gasteiger partial charge in [0.25, 0.3) is 0 Å². The van der Waals surface area contributed by atoms with Gasteiger partial charge in [0, 0.05) is 0 Å². The number of halogens is 1. The molecule has 0 unspecified atom stereocenters. The fourth-order valence-corrected chi connectivity index (χ4v) is 4.60. The van der Waals surface area contributed by atoms with Crippen LogP contribution in [0.2, 0.25) is 0 Å². The van der Waals surface area contributed by atoms with Gasteiger partial charge < -0.3 is 0 Å². The van der Waals surface area contributed by atoms with E-state index in [1.807, 2.05) is 0 Å². The third kappa shape index (κ3) is 1.99. The summed E-state index contributed by atoms with van der Waals surface area (Å²) in [5.74, 6) is 0.747. The van der Waals surface area contributed by atoms with Gasteiger partial charge in [0.15, 0.2) is 0 Å². The molecule has 0 radical (unpaired) electrons. The number of likely N-dealkylation sites (N-methyl/N-ethyl adjacent to an activating group) is 1. The number of benzene rings is 1. The van der Waals surface area contributed by atoms with Gasteiger partial charge >= 0.3 is 112 Å². The molecule has 0 bridgehead atoms. The molecule has 4 heteroatoms. The van der Waals surface area contributed by atoms with Gasteiger partial charge in [0.2, 0.25) is 0 Å².